The quantitative estimate of drug-likeness (QED) is 0.876. The Labute approximate surface area is 146 Å². The van der Waals surface area contributed by atoms with E-state index in [1.165, 1.54) is 5.56 Å². The Kier molecular flexibility index (Phi) is 5.48. The van der Waals surface area contributed by atoms with E-state index in [4.69, 9.17) is 4.74 Å². The molecule has 0 radical (unpaired) electrons. The summed E-state index contributed by atoms with van der Waals surface area (Å²) in [5.41, 5.74) is 2.12. The number of hydrogen-bond acceptors (Lipinski definition) is 4. The summed E-state index contributed by atoms with van der Waals surface area (Å²) in [5, 5.41) is 8.91. The average molecular weight is 345 g/mol. The van der Waals surface area contributed by atoms with Crippen LogP contribution in [0.5, 0.6) is 0 Å². The summed E-state index contributed by atoms with van der Waals surface area (Å²) in [6.45, 7) is 4.50. The molecule has 2 amide bonds. The summed E-state index contributed by atoms with van der Waals surface area (Å²) in [7, 11) is 0. The Hall–Kier alpha value is -1.92. The highest BCUT2D eigenvalue weighted by Gasteiger charge is 2.34. The highest BCUT2D eigenvalue weighted by atomic mass is 32.1. The lowest BCUT2D eigenvalue weighted by Gasteiger charge is -2.37. The molecule has 3 rings (SSSR count). The van der Waals surface area contributed by atoms with E-state index in [0.29, 0.717) is 13.1 Å². The van der Waals surface area contributed by atoms with Crippen molar-refractivity contribution in [2.75, 3.05) is 19.8 Å². The molecule has 1 aromatic carbocycles. The topological polar surface area (TPSA) is 63.2 Å². The summed E-state index contributed by atoms with van der Waals surface area (Å²) in [6, 6.07) is 10.3. The van der Waals surface area contributed by atoms with Crippen molar-refractivity contribution >= 4 is 17.4 Å². The molecule has 1 aliphatic rings. The Morgan fingerprint density at radius 1 is 1.25 bits per heavy atom. The van der Waals surface area contributed by atoms with Crippen molar-refractivity contribution in [3.05, 3.63) is 52.0 Å². The summed E-state index contributed by atoms with van der Waals surface area (Å²) in [5.74, 6) is 0. The molecule has 5 nitrogen and oxygen atoms in total. The molecular formula is C18H23N3O2S. The lowest BCUT2D eigenvalue weighted by atomic mass is 9.74. The predicted octanol–water partition coefficient (Wildman–Crippen LogP) is 3.00. The van der Waals surface area contributed by atoms with Crippen LogP contribution in [0.25, 0.3) is 0 Å². The van der Waals surface area contributed by atoms with Crippen LogP contribution in [-0.2, 0) is 16.7 Å². The first kappa shape index (κ1) is 16.9. The summed E-state index contributed by atoms with van der Waals surface area (Å²) < 4.78 is 5.53. The van der Waals surface area contributed by atoms with Crippen molar-refractivity contribution in [2.24, 2.45) is 0 Å². The van der Waals surface area contributed by atoms with Gasteiger partial charge in [-0.3, -0.25) is 0 Å². The number of nitrogens with one attached hydrogen (secondary N) is 2. The molecule has 2 aromatic rings. The Bertz CT molecular complexity index is 666. The number of aryl methyl sites for hydroxylation is 1. The number of amides is 2. The van der Waals surface area contributed by atoms with Crippen LogP contribution in [0, 0.1) is 6.92 Å². The summed E-state index contributed by atoms with van der Waals surface area (Å²) in [6.07, 6.45) is 1.84. The smallest absolute Gasteiger partial charge is 0.315 e. The molecular weight excluding hydrogens is 322 g/mol. The van der Waals surface area contributed by atoms with Crippen LogP contribution in [0.4, 0.5) is 4.79 Å². The van der Waals surface area contributed by atoms with Gasteiger partial charge < -0.3 is 15.4 Å². The molecule has 1 aliphatic heterocycles. The van der Waals surface area contributed by atoms with Crippen LogP contribution >= 0.6 is 11.3 Å². The molecule has 1 saturated heterocycles. The Morgan fingerprint density at radius 3 is 2.67 bits per heavy atom. The molecule has 128 valence electrons. The van der Waals surface area contributed by atoms with E-state index in [0.717, 1.165) is 36.8 Å². The van der Waals surface area contributed by atoms with Gasteiger partial charge in [-0.2, -0.15) is 0 Å². The van der Waals surface area contributed by atoms with E-state index < -0.39 is 0 Å². The predicted molar refractivity (Wildman–Crippen MR) is 95.3 cm³/mol. The molecule has 6 heteroatoms. The highest BCUT2D eigenvalue weighted by molar-refractivity contribution is 7.09. The zero-order valence-electron chi connectivity index (χ0n) is 13.9. The summed E-state index contributed by atoms with van der Waals surface area (Å²) in [4.78, 5) is 16.5. The third-order valence-electron chi connectivity index (χ3n) is 4.52. The first-order valence-electron chi connectivity index (χ1n) is 8.24. The number of ether oxygens (including phenoxy) is 1. The molecule has 0 atom stereocenters. The molecule has 0 bridgehead atoms. The number of hydrogen-bond donors (Lipinski definition) is 2. The normalized spacial score (nSPS) is 16.5. The fraction of sp³-hybridized carbons (Fsp3) is 0.444. The highest BCUT2D eigenvalue weighted by Crippen LogP contribution is 2.34. The largest absolute Gasteiger partial charge is 0.381 e. The maximum Gasteiger partial charge on any atom is 0.315 e. The number of thiazole rings is 1. The van der Waals surface area contributed by atoms with Crippen molar-refractivity contribution in [2.45, 2.75) is 31.7 Å². The number of nitrogens with zero attached hydrogens (tertiary/aromatic N) is 1. The van der Waals surface area contributed by atoms with E-state index in [9.17, 15) is 4.79 Å². The molecule has 0 aliphatic carbocycles. The van der Waals surface area contributed by atoms with Gasteiger partial charge in [-0.05, 0) is 25.3 Å². The van der Waals surface area contributed by atoms with Crippen LogP contribution in [-0.4, -0.2) is 30.8 Å². The van der Waals surface area contributed by atoms with Gasteiger partial charge in [0.05, 0.1) is 17.2 Å². The van der Waals surface area contributed by atoms with E-state index >= 15 is 0 Å². The van der Waals surface area contributed by atoms with E-state index in [1.807, 2.05) is 18.4 Å². The van der Waals surface area contributed by atoms with Gasteiger partial charge in [0, 0.05) is 30.6 Å². The third-order valence-corrected chi connectivity index (χ3v) is 5.34. The van der Waals surface area contributed by atoms with Crippen molar-refractivity contribution in [1.82, 2.24) is 15.6 Å². The zero-order chi connectivity index (χ0) is 16.8. The van der Waals surface area contributed by atoms with Gasteiger partial charge in [0.2, 0.25) is 0 Å². The fourth-order valence-electron chi connectivity index (χ4n) is 3.09. The number of benzene rings is 1. The van der Waals surface area contributed by atoms with Gasteiger partial charge in [0.25, 0.3) is 0 Å². The van der Waals surface area contributed by atoms with Crippen molar-refractivity contribution < 1.29 is 9.53 Å². The minimum atomic E-state index is -0.151. The second kappa shape index (κ2) is 7.77. The maximum atomic E-state index is 12.2. The van der Waals surface area contributed by atoms with Crippen LogP contribution in [0.3, 0.4) is 0 Å². The SMILES string of the molecule is Cc1nc(CNC(=O)NCC2(c3ccccc3)CCOCC2)cs1. The molecule has 2 N–H and O–H groups in total. The van der Waals surface area contributed by atoms with Crippen LogP contribution in [0.15, 0.2) is 35.7 Å². The van der Waals surface area contributed by atoms with Crippen molar-refractivity contribution in [3.8, 4) is 0 Å². The first-order valence-corrected chi connectivity index (χ1v) is 9.12. The average Bonchev–Trinajstić information content (AvgIpc) is 3.05. The van der Waals surface area contributed by atoms with Gasteiger partial charge >= 0.3 is 6.03 Å². The fourth-order valence-corrected chi connectivity index (χ4v) is 3.71. The molecule has 0 saturated carbocycles. The second-order valence-electron chi connectivity index (χ2n) is 6.15. The van der Waals surface area contributed by atoms with E-state index in [2.05, 4.69) is 39.9 Å². The van der Waals surface area contributed by atoms with Gasteiger partial charge in [-0.25, -0.2) is 9.78 Å². The second-order valence-corrected chi connectivity index (χ2v) is 7.22. The monoisotopic (exact) mass is 345 g/mol. The van der Waals surface area contributed by atoms with Gasteiger partial charge in [0.1, 0.15) is 0 Å². The lowest BCUT2D eigenvalue weighted by molar-refractivity contribution is 0.0507. The number of rotatable bonds is 5. The number of carbonyl (C=O) groups excluding carboxylic acids is 1. The molecule has 24 heavy (non-hydrogen) atoms. The van der Waals surface area contributed by atoms with Gasteiger partial charge in [-0.15, -0.1) is 11.3 Å². The van der Waals surface area contributed by atoms with Crippen molar-refractivity contribution in [1.29, 1.82) is 0 Å². The van der Waals surface area contributed by atoms with Crippen LogP contribution in [0.1, 0.15) is 29.1 Å². The van der Waals surface area contributed by atoms with Gasteiger partial charge in [-0.1, -0.05) is 30.3 Å². The molecule has 0 spiro atoms. The van der Waals surface area contributed by atoms with Gasteiger partial charge in [0.15, 0.2) is 0 Å². The van der Waals surface area contributed by atoms with Crippen LogP contribution in [0.2, 0.25) is 0 Å². The third kappa shape index (κ3) is 4.13. The van der Waals surface area contributed by atoms with Crippen molar-refractivity contribution in [3.63, 3.8) is 0 Å². The summed E-state index contributed by atoms with van der Waals surface area (Å²) >= 11 is 1.59. The molecule has 1 fully saturated rings. The first-order chi connectivity index (χ1) is 11.7. The molecule has 2 heterocycles. The minimum Gasteiger partial charge on any atom is -0.381 e. The zero-order valence-corrected chi connectivity index (χ0v) is 14.7. The number of urea groups is 1. The Morgan fingerprint density at radius 2 is 2.00 bits per heavy atom. The van der Waals surface area contributed by atoms with E-state index in [-0.39, 0.29) is 11.4 Å². The van der Waals surface area contributed by atoms with E-state index in [1.54, 1.807) is 11.3 Å². The molecule has 1 aromatic heterocycles. The minimum absolute atomic E-state index is 0.0476. The standard InChI is InChI=1S/C18H23N3O2S/c1-14-21-16(12-24-14)11-19-17(22)20-13-18(7-9-23-10-8-18)15-5-3-2-4-6-15/h2-6,12H,7-11,13H2,1H3,(H2,19,20,22). The number of carbonyl (C=O) groups is 1. The molecule has 0 unspecified atom stereocenters. The van der Waals surface area contributed by atoms with Crippen LogP contribution < -0.4 is 10.6 Å². The Balaban J connectivity index is 1.58. The maximum absolute atomic E-state index is 12.2. The number of aromatic nitrogens is 1. The lowest BCUT2D eigenvalue weighted by Crippen LogP contribution is -2.47.